The van der Waals surface area contributed by atoms with Crippen LogP contribution in [-0.2, 0) is 14.3 Å². The smallest absolute Gasteiger partial charge is 0.343 e. The van der Waals surface area contributed by atoms with Crippen molar-refractivity contribution in [1.29, 1.82) is 0 Å². The molecule has 0 amide bonds. The minimum atomic E-state index is -0.449. The van der Waals surface area contributed by atoms with Gasteiger partial charge in [-0.3, -0.25) is 9.59 Å². The molecule has 1 atom stereocenters. The maximum absolute atomic E-state index is 12.9. The van der Waals surface area contributed by atoms with Gasteiger partial charge < -0.3 is 14.2 Å². The number of hydrogen-bond acceptors (Lipinski definition) is 6. The van der Waals surface area contributed by atoms with E-state index in [9.17, 15) is 14.4 Å². The number of esters is 3. The lowest BCUT2D eigenvalue weighted by Gasteiger charge is -2.13. The van der Waals surface area contributed by atoms with Crippen LogP contribution in [0.25, 0.3) is 21.9 Å². The Morgan fingerprint density at radius 3 is 1.87 bits per heavy atom. The second-order valence-electron chi connectivity index (χ2n) is 12.2. The van der Waals surface area contributed by atoms with Gasteiger partial charge in [-0.2, -0.15) is 0 Å². The van der Waals surface area contributed by atoms with Crippen molar-refractivity contribution in [3.63, 3.8) is 0 Å². The Labute approximate surface area is 279 Å². The predicted molar refractivity (Wildman–Crippen MR) is 188 cm³/mol. The molecule has 0 saturated heterocycles. The fourth-order valence-corrected chi connectivity index (χ4v) is 5.45. The molecule has 6 nitrogen and oxygen atoms in total. The molecule has 0 N–H and O–H groups in total. The molecule has 0 fully saturated rings. The number of carbonyl (C=O) groups excluding carboxylic acids is 3. The topological polar surface area (TPSA) is 78.9 Å². The first kappa shape index (κ1) is 35.4. The lowest BCUT2D eigenvalue weighted by molar-refractivity contribution is -0.145. The van der Waals surface area contributed by atoms with E-state index in [2.05, 4.69) is 13.8 Å². The number of rotatable bonds is 18. The summed E-state index contributed by atoms with van der Waals surface area (Å²) in [4.78, 5) is 37.6. The first-order valence-electron chi connectivity index (χ1n) is 17.2. The fraction of sp³-hybridized carbons (Fsp3) is 0.390. The van der Waals surface area contributed by atoms with E-state index in [1.165, 1.54) is 19.3 Å². The molecule has 4 rings (SSSR count). The van der Waals surface area contributed by atoms with Crippen LogP contribution in [0, 0.1) is 0 Å². The molecule has 0 heterocycles. The Balaban J connectivity index is 1.28. The van der Waals surface area contributed by atoms with Crippen molar-refractivity contribution in [3.8, 4) is 22.6 Å². The van der Waals surface area contributed by atoms with E-state index in [-0.39, 0.29) is 17.9 Å². The third kappa shape index (κ3) is 11.1. The van der Waals surface area contributed by atoms with E-state index in [4.69, 9.17) is 14.2 Å². The molecule has 0 aliphatic rings. The van der Waals surface area contributed by atoms with Crippen molar-refractivity contribution in [2.75, 3.05) is 6.61 Å². The molecule has 0 aliphatic heterocycles. The highest BCUT2D eigenvalue weighted by atomic mass is 16.5. The SMILES string of the molecule is CCCCCCCCC(=O)Oc1ccc(-c2ccc(C(=O)Oc3ccc4cc([C@H](C)C(=O)OCCCCCC)ccc4c3)cc2)cc1. The highest BCUT2D eigenvalue weighted by Crippen LogP contribution is 2.27. The Morgan fingerprint density at radius 1 is 0.596 bits per heavy atom. The number of hydrogen-bond donors (Lipinski definition) is 0. The second-order valence-corrected chi connectivity index (χ2v) is 12.2. The maximum atomic E-state index is 12.9. The van der Waals surface area contributed by atoms with Gasteiger partial charge in [0, 0.05) is 6.42 Å². The summed E-state index contributed by atoms with van der Waals surface area (Å²) < 4.78 is 16.7. The zero-order chi connectivity index (χ0) is 33.4. The molecule has 4 aromatic rings. The molecular weight excluding hydrogens is 588 g/mol. The first-order valence-corrected chi connectivity index (χ1v) is 17.2. The van der Waals surface area contributed by atoms with Crippen LogP contribution in [0.5, 0.6) is 11.5 Å². The van der Waals surface area contributed by atoms with Gasteiger partial charge in [-0.1, -0.05) is 114 Å². The van der Waals surface area contributed by atoms with Crippen molar-refractivity contribution in [2.24, 2.45) is 0 Å². The summed E-state index contributed by atoms with van der Waals surface area (Å²) in [5, 5.41) is 1.86. The molecule has 0 aromatic heterocycles. The van der Waals surface area contributed by atoms with E-state index >= 15 is 0 Å². The minimum absolute atomic E-state index is 0.202. The lowest BCUT2D eigenvalue weighted by atomic mass is 9.98. The standard InChI is InChI=1S/C41H48O6/c1-4-6-8-10-11-12-14-39(42)46-37-24-21-32(22-25-37)31-15-17-33(18-16-31)41(44)47-38-26-23-35-28-34(19-20-36(35)29-38)30(3)40(43)45-27-13-9-7-5-2/h15-26,28-30H,4-14,27H2,1-3H3/t30-/m0/s1. The van der Waals surface area contributed by atoms with E-state index in [1.807, 2.05) is 61.5 Å². The molecule has 0 radical (unpaired) electrons. The summed E-state index contributed by atoms with van der Waals surface area (Å²) in [5.74, 6) is -0.250. The number of carbonyl (C=O) groups is 3. The number of ether oxygens (including phenoxy) is 3. The molecule has 0 aliphatic carbocycles. The molecule has 0 spiro atoms. The first-order chi connectivity index (χ1) is 22.9. The van der Waals surface area contributed by atoms with Gasteiger partial charge in [-0.05, 0) is 83.6 Å². The highest BCUT2D eigenvalue weighted by molar-refractivity contribution is 5.93. The third-order valence-electron chi connectivity index (χ3n) is 8.42. The predicted octanol–water partition coefficient (Wildman–Crippen LogP) is 10.6. The van der Waals surface area contributed by atoms with Crippen molar-refractivity contribution in [2.45, 2.75) is 97.3 Å². The number of fused-ring (bicyclic) bond motifs is 1. The molecular formula is C41H48O6. The molecule has 248 valence electrons. The van der Waals surface area contributed by atoms with Crippen LogP contribution in [0.3, 0.4) is 0 Å². The van der Waals surface area contributed by atoms with Crippen LogP contribution in [0.4, 0.5) is 0 Å². The van der Waals surface area contributed by atoms with E-state index in [0.717, 1.165) is 72.4 Å². The van der Waals surface area contributed by atoms with Gasteiger partial charge in [-0.25, -0.2) is 4.79 Å². The van der Waals surface area contributed by atoms with Gasteiger partial charge in [-0.15, -0.1) is 0 Å². The monoisotopic (exact) mass is 636 g/mol. The normalized spacial score (nSPS) is 11.6. The van der Waals surface area contributed by atoms with Gasteiger partial charge in [0.05, 0.1) is 18.1 Å². The largest absolute Gasteiger partial charge is 0.465 e. The van der Waals surface area contributed by atoms with Crippen molar-refractivity contribution in [3.05, 3.63) is 96.1 Å². The Bertz CT molecular complexity index is 1590. The Morgan fingerprint density at radius 2 is 1.17 bits per heavy atom. The summed E-state index contributed by atoms with van der Waals surface area (Å²) in [7, 11) is 0. The van der Waals surface area contributed by atoms with Gasteiger partial charge in [0.1, 0.15) is 11.5 Å². The molecule has 0 unspecified atom stereocenters. The molecule has 6 heteroatoms. The van der Waals surface area contributed by atoms with Crippen molar-refractivity contribution in [1.82, 2.24) is 0 Å². The van der Waals surface area contributed by atoms with E-state index in [0.29, 0.717) is 30.1 Å². The minimum Gasteiger partial charge on any atom is -0.465 e. The van der Waals surface area contributed by atoms with Crippen LogP contribution in [-0.4, -0.2) is 24.5 Å². The van der Waals surface area contributed by atoms with Crippen LogP contribution in [0.1, 0.15) is 113 Å². The van der Waals surface area contributed by atoms with E-state index in [1.54, 1.807) is 30.3 Å². The van der Waals surface area contributed by atoms with Gasteiger partial charge >= 0.3 is 17.9 Å². The fourth-order valence-electron chi connectivity index (χ4n) is 5.45. The Kier molecular flexibility index (Phi) is 14.0. The Hall–Kier alpha value is -4.45. The zero-order valence-electron chi connectivity index (χ0n) is 28.1. The summed E-state index contributed by atoms with van der Waals surface area (Å²) in [5.41, 5.74) is 3.21. The number of benzene rings is 4. The molecule has 4 aromatic carbocycles. The average molecular weight is 637 g/mol. The summed E-state index contributed by atoms with van der Waals surface area (Å²) in [6, 6.07) is 25.9. The maximum Gasteiger partial charge on any atom is 0.343 e. The quantitative estimate of drug-likeness (QED) is 0.0614. The van der Waals surface area contributed by atoms with Crippen LogP contribution in [0.15, 0.2) is 84.9 Å². The number of unbranched alkanes of at least 4 members (excludes halogenated alkanes) is 8. The second kappa shape index (κ2) is 18.6. The average Bonchev–Trinajstić information content (AvgIpc) is 3.09. The summed E-state index contributed by atoms with van der Waals surface area (Å²) in [6.45, 7) is 6.67. The van der Waals surface area contributed by atoms with Crippen LogP contribution in [0.2, 0.25) is 0 Å². The summed E-state index contributed by atoms with van der Waals surface area (Å²) >= 11 is 0. The van der Waals surface area contributed by atoms with Crippen LogP contribution >= 0.6 is 0 Å². The zero-order valence-corrected chi connectivity index (χ0v) is 28.1. The van der Waals surface area contributed by atoms with Crippen molar-refractivity contribution < 1.29 is 28.6 Å². The van der Waals surface area contributed by atoms with Crippen LogP contribution < -0.4 is 9.47 Å². The van der Waals surface area contributed by atoms with Gasteiger partial charge in [0.25, 0.3) is 0 Å². The third-order valence-corrected chi connectivity index (χ3v) is 8.42. The van der Waals surface area contributed by atoms with Gasteiger partial charge in [0.15, 0.2) is 0 Å². The van der Waals surface area contributed by atoms with Gasteiger partial charge in [0.2, 0.25) is 0 Å². The lowest BCUT2D eigenvalue weighted by Crippen LogP contribution is -2.14. The molecule has 47 heavy (non-hydrogen) atoms. The highest BCUT2D eigenvalue weighted by Gasteiger charge is 2.17. The molecule has 0 saturated carbocycles. The van der Waals surface area contributed by atoms with E-state index < -0.39 is 5.97 Å². The van der Waals surface area contributed by atoms with Crippen molar-refractivity contribution >= 4 is 28.7 Å². The molecule has 0 bridgehead atoms. The summed E-state index contributed by atoms with van der Waals surface area (Å²) in [6.07, 6.45) is 11.5.